The second kappa shape index (κ2) is 14.2. The van der Waals surface area contributed by atoms with Crippen LogP contribution in [0.15, 0.2) is 35.7 Å². The van der Waals surface area contributed by atoms with E-state index in [1.807, 2.05) is 13.8 Å². The summed E-state index contributed by atoms with van der Waals surface area (Å²) < 4.78 is 67.7. The minimum atomic E-state index is -4.03. The highest BCUT2D eigenvalue weighted by molar-refractivity contribution is 7.92. The highest BCUT2D eigenvalue weighted by atomic mass is 32.2. The Morgan fingerprint density at radius 1 is 1.21 bits per heavy atom. The third-order valence-corrected chi connectivity index (χ3v) is 9.81. The molecule has 4 atom stereocenters. The van der Waals surface area contributed by atoms with Crippen molar-refractivity contribution < 1.29 is 36.2 Å². The van der Waals surface area contributed by atoms with Gasteiger partial charge in [0.15, 0.2) is 5.03 Å². The molecule has 0 radical (unpaired) electrons. The Bertz CT molecular complexity index is 1430. The van der Waals surface area contributed by atoms with Gasteiger partial charge in [-0.3, -0.25) is 9.52 Å². The highest BCUT2D eigenvalue weighted by Crippen LogP contribution is 2.29. The summed E-state index contributed by atoms with van der Waals surface area (Å²) in [6.45, 7) is 5.79. The molecule has 1 amide bonds. The Morgan fingerprint density at radius 2 is 1.93 bits per heavy atom. The summed E-state index contributed by atoms with van der Waals surface area (Å²) in [4.78, 5) is 19.5. The third kappa shape index (κ3) is 8.89. The predicted octanol–water partition coefficient (Wildman–Crippen LogP) is 1.91. The fraction of sp³-hybridized carbons (Fsp3) is 0.630. The molecule has 2 N–H and O–H groups in total. The van der Waals surface area contributed by atoms with Crippen molar-refractivity contribution in [3.05, 3.63) is 36.3 Å². The molecule has 0 spiro atoms. The second-order valence-electron chi connectivity index (χ2n) is 11.0. The maximum absolute atomic E-state index is 14.1. The zero-order chi connectivity index (χ0) is 31.2. The first kappa shape index (κ1) is 33.8. The van der Waals surface area contributed by atoms with Crippen LogP contribution in [-0.4, -0.2) is 104 Å². The van der Waals surface area contributed by atoms with Crippen LogP contribution in [0.5, 0.6) is 5.75 Å². The van der Waals surface area contributed by atoms with E-state index in [4.69, 9.17) is 9.47 Å². The Labute approximate surface area is 248 Å². The van der Waals surface area contributed by atoms with Gasteiger partial charge in [0, 0.05) is 51.6 Å². The van der Waals surface area contributed by atoms with Gasteiger partial charge in [0.05, 0.1) is 43.0 Å². The SMILES string of the molecule is C[C@@H]1CN([C@H](C)CO)C(=O)c2cc(NS(=O)(=O)c3cn(C)cn3)ccc2O[C@@H](C)CCCCO[C@@H]1CN(C)S(C)(=O)=O. The molecule has 0 saturated heterocycles. The van der Waals surface area contributed by atoms with Crippen LogP contribution in [0.2, 0.25) is 0 Å². The van der Waals surface area contributed by atoms with Crippen LogP contribution >= 0.6 is 0 Å². The first-order valence-electron chi connectivity index (χ1n) is 13.9. The number of aryl methyl sites for hydroxylation is 1. The van der Waals surface area contributed by atoms with E-state index >= 15 is 0 Å². The topological polar surface area (TPSA) is 160 Å². The number of rotatable bonds is 8. The lowest BCUT2D eigenvalue weighted by molar-refractivity contribution is -0.00828. The summed E-state index contributed by atoms with van der Waals surface area (Å²) in [5.41, 5.74) is 0.268. The molecule has 0 saturated carbocycles. The van der Waals surface area contributed by atoms with Crippen molar-refractivity contribution in [2.45, 2.75) is 63.3 Å². The lowest BCUT2D eigenvalue weighted by Crippen LogP contribution is -2.47. The number of likely N-dealkylation sites (N-methyl/N-ethyl adjacent to an activating group) is 1. The van der Waals surface area contributed by atoms with Crippen LogP contribution < -0.4 is 9.46 Å². The van der Waals surface area contributed by atoms with Gasteiger partial charge in [-0.2, -0.15) is 8.42 Å². The molecule has 0 fully saturated rings. The van der Waals surface area contributed by atoms with E-state index in [0.29, 0.717) is 13.0 Å². The number of aliphatic hydroxyl groups excluding tert-OH is 1. The molecule has 3 rings (SSSR count). The Kier molecular flexibility index (Phi) is 11.4. The highest BCUT2D eigenvalue weighted by Gasteiger charge is 2.31. The van der Waals surface area contributed by atoms with Crippen LogP contribution in [0, 0.1) is 5.92 Å². The molecule has 42 heavy (non-hydrogen) atoms. The maximum atomic E-state index is 14.1. The second-order valence-corrected chi connectivity index (χ2v) is 14.8. The zero-order valence-corrected chi connectivity index (χ0v) is 26.7. The van der Waals surface area contributed by atoms with E-state index in [2.05, 4.69) is 9.71 Å². The van der Waals surface area contributed by atoms with Gasteiger partial charge in [-0.05, 0) is 51.3 Å². The van der Waals surface area contributed by atoms with E-state index < -0.39 is 38.1 Å². The zero-order valence-electron chi connectivity index (χ0n) is 25.1. The van der Waals surface area contributed by atoms with Gasteiger partial charge in [-0.1, -0.05) is 6.92 Å². The minimum absolute atomic E-state index is 0.102. The first-order chi connectivity index (χ1) is 19.6. The van der Waals surface area contributed by atoms with Gasteiger partial charge in [0.1, 0.15) is 5.75 Å². The van der Waals surface area contributed by atoms with Crippen LogP contribution in [0.4, 0.5) is 5.69 Å². The number of hydrogen-bond donors (Lipinski definition) is 2. The van der Waals surface area contributed by atoms with Crippen LogP contribution in [0.25, 0.3) is 0 Å². The summed E-state index contributed by atoms with van der Waals surface area (Å²) in [5, 5.41) is 9.89. The average molecular weight is 630 g/mol. The molecule has 2 heterocycles. The van der Waals surface area contributed by atoms with Crippen LogP contribution in [0.1, 0.15) is 50.4 Å². The van der Waals surface area contributed by atoms with E-state index in [1.165, 1.54) is 45.5 Å². The van der Waals surface area contributed by atoms with Gasteiger partial charge in [0.2, 0.25) is 10.0 Å². The first-order valence-corrected chi connectivity index (χ1v) is 17.2. The number of hydrogen-bond acceptors (Lipinski definition) is 9. The van der Waals surface area contributed by atoms with Crippen molar-refractivity contribution in [1.82, 2.24) is 18.8 Å². The molecule has 1 aromatic heterocycles. The van der Waals surface area contributed by atoms with Crippen molar-refractivity contribution in [2.24, 2.45) is 13.0 Å². The number of fused-ring (bicyclic) bond motifs is 1. The molecule has 0 aliphatic carbocycles. The van der Waals surface area contributed by atoms with Crippen molar-refractivity contribution in [3.8, 4) is 5.75 Å². The largest absolute Gasteiger partial charge is 0.490 e. The number of nitrogens with one attached hydrogen (secondary N) is 1. The van der Waals surface area contributed by atoms with Gasteiger partial charge < -0.3 is 24.0 Å². The Morgan fingerprint density at radius 3 is 2.55 bits per heavy atom. The number of amides is 1. The quantitative estimate of drug-likeness (QED) is 0.445. The molecule has 13 nitrogen and oxygen atoms in total. The molecule has 1 aliphatic heterocycles. The number of anilines is 1. The molecular formula is C27H43N5O8S2. The number of ether oxygens (including phenoxy) is 2. The molecule has 2 aromatic rings. The van der Waals surface area contributed by atoms with Crippen LogP contribution in [-0.2, 0) is 31.8 Å². The van der Waals surface area contributed by atoms with Gasteiger partial charge in [-0.15, -0.1) is 0 Å². The number of aromatic nitrogens is 2. The lowest BCUT2D eigenvalue weighted by atomic mass is 10.0. The number of aliphatic hydroxyl groups is 1. The third-order valence-electron chi connectivity index (χ3n) is 7.26. The van der Waals surface area contributed by atoms with E-state index in [-0.39, 0.29) is 53.7 Å². The molecule has 0 unspecified atom stereocenters. The number of carbonyl (C=O) groups is 1. The average Bonchev–Trinajstić information content (AvgIpc) is 3.36. The minimum Gasteiger partial charge on any atom is -0.490 e. The van der Waals surface area contributed by atoms with E-state index in [0.717, 1.165) is 19.1 Å². The Balaban J connectivity index is 2.02. The molecule has 15 heteroatoms. The molecule has 1 aromatic carbocycles. The van der Waals surface area contributed by atoms with E-state index in [9.17, 15) is 26.7 Å². The molecule has 0 bridgehead atoms. The number of nitrogens with zero attached hydrogens (tertiary/aromatic N) is 4. The normalized spacial score (nSPS) is 22.2. The number of sulfonamides is 2. The Hall–Kier alpha value is -2.72. The van der Waals surface area contributed by atoms with Crippen molar-refractivity contribution in [1.29, 1.82) is 0 Å². The van der Waals surface area contributed by atoms with E-state index in [1.54, 1.807) is 20.0 Å². The smallest absolute Gasteiger partial charge is 0.280 e. The standard InChI is InChI=1S/C27H43N5O8S2/c1-19-14-32(20(2)17-33)27(34)23-13-22(29-42(37,38)26-16-30(4)18-28-26)10-11-24(23)40-21(3)9-7-8-12-39-25(19)15-31(5)41(6,35)36/h10-11,13,16,18-21,25,29,33H,7-9,12,14-15,17H2,1-6H3/t19-,20-,21+,25-/m1/s1. The van der Waals surface area contributed by atoms with Crippen molar-refractivity contribution in [3.63, 3.8) is 0 Å². The fourth-order valence-electron chi connectivity index (χ4n) is 4.57. The molecular weight excluding hydrogens is 586 g/mol. The number of benzene rings is 1. The lowest BCUT2D eigenvalue weighted by Gasteiger charge is -2.35. The van der Waals surface area contributed by atoms with Crippen LogP contribution in [0.3, 0.4) is 0 Å². The molecule has 1 aliphatic rings. The summed E-state index contributed by atoms with van der Waals surface area (Å²) in [5.74, 6) is -0.501. The predicted molar refractivity (Wildman–Crippen MR) is 158 cm³/mol. The fourth-order valence-corrected chi connectivity index (χ4v) is 6.02. The van der Waals surface area contributed by atoms with Gasteiger partial charge >= 0.3 is 0 Å². The van der Waals surface area contributed by atoms with Gasteiger partial charge in [0.25, 0.3) is 15.9 Å². The maximum Gasteiger partial charge on any atom is 0.280 e. The van der Waals surface area contributed by atoms with Crippen molar-refractivity contribution in [2.75, 3.05) is 44.3 Å². The monoisotopic (exact) mass is 629 g/mol. The number of carbonyl (C=O) groups excluding carboxylic acids is 1. The van der Waals surface area contributed by atoms with Crippen molar-refractivity contribution >= 4 is 31.6 Å². The summed E-state index contributed by atoms with van der Waals surface area (Å²) in [6, 6.07) is 3.89. The summed E-state index contributed by atoms with van der Waals surface area (Å²) >= 11 is 0. The van der Waals surface area contributed by atoms with Gasteiger partial charge in [-0.25, -0.2) is 17.7 Å². The molecule has 236 valence electrons. The summed E-state index contributed by atoms with van der Waals surface area (Å²) in [6.07, 6.45) is 5.27. The summed E-state index contributed by atoms with van der Waals surface area (Å²) in [7, 11) is -4.35. The number of imidazole rings is 1.